The molecule has 47 heavy (non-hydrogen) atoms. The number of rotatable bonds is 3. The molecule has 12 heteroatoms. The van der Waals surface area contributed by atoms with Crippen LogP contribution >= 0.6 is 0 Å². The van der Waals surface area contributed by atoms with Crippen LogP contribution in [0.4, 0.5) is 52.7 Å². The fraction of sp³-hybridized carbons (Fsp3) is 0.200. The van der Waals surface area contributed by atoms with Gasteiger partial charge in [0, 0.05) is 5.92 Å². The molecule has 4 aromatic rings. The van der Waals surface area contributed by atoms with E-state index in [2.05, 4.69) is 0 Å². The predicted octanol–water partition coefficient (Wildman–Crippen LogP) is 12.0. The molecule has 6 rings (SSSR count). The van der Waals surface area contributed by atoms with E-state index >= 15 is 0 Å². The Morgan fingerprint density at radius 2 is 0.915 bits per heavy atom. The van der Waals surface area contributed by atoms with Crippen LogP contribution in [0.1, 0.15) is 68.5 Å². The second kappa shape index (κ2) is 10.8. The lowest BCUT2D eigenvalue weighted by atomic mass is 9.79. The Hall–Kier alpha value is -4.48. The van der Waals surface area contributed by atoms with E-state index in [-0.39, 0.29) is 35.3 Å². The molecular formula is C35H20F12. The SMILES string of the molecule is CC1=C(c2cc(C(F)(F)F)cc(C(F)(F)F)c2)C(C2=C(c3cc(C(F)(F)F)cc(C(F)(F)F)c3)Cc3ccccc32)c2ccccc21. The molecule has 0 heterocycles. The Bertz CT molecular complexity index is 1900. The Balaban J connectivity index is 1.70. The van der Waals surface area contributed by atoms with Crippen LogP contribution in [0.25, 0.3) is 22.3 Å². The molecule has 0 aromatic heterocycles. The molecule has 0 aliphatic heterocycles. The average molecular weight is 669 g/mol. The van der Waals surface area contributed by atoms with Crippen molar-refractivity contribution < 1.29 is 52.7 Å². The maximum atomic E-state index is 14.0. The summed E-state index contributed by atoms with van der Waals surface area (Å²) in [4.78, 5) is 0. The predicted molar refractivity (Wildman–Crippen MR) is 152 cm³/mol. The molecule has 4 aromatic carbocycles. The lowest BCUT2D eigenvalue weighted by Crippen LogP contribution is -2.13. The van der Waals surface area contributed by atoms with Crippen molar-refractivity contribution in [2.45, 2.75) is 44.0 Å². The molecule has 0 nitrogen and oxygen atoms in total. The molecule has 0 amide bonds. The van der Waals surface area contributed by atoms with Crippen molar-refractivity contribution in [3.05, 3.63) is 141 Å². The molecule has 0 N–H and O–H groups in total. The van der Waals surface area contributed by atoms with Gasteiger partial charge in [-0.2, -0.15) is 52.7 Å². The van der Waals surface area contributed by atoms with Crippen molar-refractivity contribution in [1.82, 2.24) is 0 Å². The van der Waals surface area contributed by atoms with E-state index in [1.54, 1.807) is 48.5 Å². The van der Waals surface area contributed by atoms with E-state index in [1.165, 1.54) is 6.92 Å². The van der Waals surface area contributed by atoms with Crippen LogP contribution in [0, 0.1) is 0 Å². The van der Waals surface area contributed by atoms with E-state index in [0.29, 0.717) is 52.1 Å². The van der Waals surface area contributed by atoms with Gasteiger partial charge in [0.2, 0.25) is 0 Å². The fourth-order valence-corrected chi connectivity index (χ4v) is 6.50. The minimum absolute atomic E-state index is 0.00647. The molecular weight excluding hydrogens is 648 g/mol. The van der Waals surface area contributed by atoms with Gasteiger partial charge in [-0.25, -0.2) is 0 Å². The highest BCUT2D eigenvalue weighted by Gasteiger charge is 2.43. The summed E-state index contributed by atoms with van der Waals surface area (Å²) < 4.78 is 167. The first kappa shape index (κ1) is 32.5. The summed E-state index contributed by atoms with van der Waals surface area (Å²) in [7, 11) is 0. The Morgan fingerprint density at radius 3 is 1.40 bits per heavy atom. The van der Waals surface area contributed by atoms with Crippen LogP contribution in [0.2, 0.25) is 0 Å². The zero-order valence-electron chi connectivity index (χ0n) is 23.9. The van der Waals surface area contributed by atoms with Gasteiger partial charge in [-0.1, -0.05) is 48.5 Å². The summed E-state index contributed by atoms with van der Waals surface area (Å²) in [5.74, 6) is -1.14. The first-order valence-electron chi connectivity index (χ1n) is 14.0. The van der Waals surface area contributed by atoms with Crippen LogP contribution in [-0.4, -0.2) is 0 Å². The topological polar surface area (TPSA) is 0 Å². The number of fused-ring (bicyclic) bond motifs is 2. The van der Waals surface area contributed by atoms with Gasteiger partial charge >= 0.3 is 24.7 Å². The van der Waals surface area contributed by atoms with Gasteiger partial charge in [-0.3, -0.25) is 0 Å². The van der Waals surface area contributed by atoms with Crippen molar-refractivity contribution >= 4 is 22.3 Å². The summed E-state index contributed by atoms with van der Waals surface area (Å²) in [5, 5.41) is 0. The fourth-order valence-electron chi connectivity index (χ4n) is 6.50. The highest BCUT2D eigenvalue weighted by Crippen LogP contribution is 2.58. The minimum Gasteiger partial charge on any atom is -0.166 e. The summed E-state index contributed by atoms with van der Waals surface area (Å²) in [5.41, 5.74) is -4.70. The van der Waals surface area contributed by atoms with Gasteiger partial charge in [0.25, 0.3) is 0 Å². The third-order valence-corrected chi connectivity index (χ3v) is 8.49. The molecule has 0 saturated heterocycles. The van der Waals surface area contributed by atoms with Crippen molar-refractivity contribution in [2.24, 2.45) is 0 Å². The lowest BCUT2D eigenvalue weighted by Gasteiger charge is -2.24. The normalized spacial score (nSPS) is 17.0. The van der Waals surface area contributed by atoms with Gasteiger partial charge in [-0.15, -0.1) is 0 Å². The lowest BCUT2D eigenvalue weighted by molar-refractivity contribution is -0.144. The molecule has 0 radical (unpaired) electrons. The van der Waals surface area contributed by atoms with E-state index in [1.807, 2.05) is 0 Å². The standard InChI is InChI=1S/C35H20F12/c1-17-25-7-4-5-9-27(25)31(29(17)20-12-23(34(42,43)44)16-24(13-20)35(45,46)47)30-26-8-3-2-6-18(26)14-28(30)19-10-21(32(36,37)38)15-22(11-19)33(39,40)41/h2-13,15-16,31H,14H2,1H3. The Labute approximate surface area is 259 Å². The number of hydrogen-bond acceptors (Lipinski definition) is 0. The maximum absolute atomic E-state index is 14.0. The van der Waals surface area contributed by atoms with Gasteiger partial charge in [0.05, 0.1) is 22.3 Å². The minimum atomic E-state index is -5.16. The molecule has 0 fully saturated rings. The second-order valence-electron chi connectivity index (χ2n) is 11.4. The molecule has 244 valence electrons. The molecule has 0 bridgehead atoms. The van der Waals surface area contributed by atoms with Gasteiger partial charge in [0.15, 0.2) is 0 Å². The molecule has 2 aliphatic rings. The molecule has 0 spiro atoms. The van der Waals surface area contributed by atoms with E-state index < -0.39 is 64.0 Å². The molecule has 2 aliphatic carbocycles. The Kier molecular flexibility index (Phi) is 7.45. The first-order chi connectivity index (χ1) is 21.7. The van der Waals surface area contributed by atoms with Crippen LogP contribution in [0.15, 0.2) is 84.9 Å². The number of benzene rings is 4. The smallest absolute Gasteiger partial charge is 0.166 e. The van der Waals surface area contributed by atoms with Crippen molar-refractivity contribution in [2.75, 3.05) is 0 Å². The summed E-state index contributed by atoms with van der Waals surface area (Å²) in [6.07, 6.45) is -20.8. The third kappa shape index (κ3) is 5.82. The monoisotopic (exact) mass is 668 g/mol. The molecule has 1 unspecified atom stereocenters. The number of hydrogen-bond donors (Lipinski definition) is 0. The van der Waals surface area contributed by atoms with E-state index in [0.717, 1.165) is 0 Å². The van der Waals surface area contributed by atoms with Crippen molar-refractivity contribution in [3.63, 3.8) is 0 Å². The Morgan fingerprint density at radius 1 is 0.489 bits per heavy atom. The second-order valence-corrected chi connectivity index (χ2v) is 11.4. The highest BCUT2D eigenvalue weighted by molar-refractivity contribution is 6.11. The van der Waals surface area contributed by atoms with Gasteiger partial charge in [0.1, 0.15) is 0 Å². The van der Waals surface area contributed by atoms with Crippen LogP contribution < -0.4 is 0 Å². The summed E-state index contributed by atoms with van der Waals surface area (Å²) >= 11 is 0. The zero-order valence-corrected chi connectivity index (χ0v) is 23.9. The van der Waals surface area contributed by atoms with Crippen LogP contribution in [-0.2, 0) is 31.1 Å². The average Bonchev–Trinajstić information content (AvgIpc) is 3.50. The summed E-state index contributed by atoms with van der Waals surface area (Å²) in [6, 6.07) is 15.1. The first-order valence-corrected chi connectivity index (χ1v) is 14.0. The number of alkyl halides is 12. The van der Waals surface area contributed by atoms with Crippen molar-refractivity contribution in [3.8, 4) is 0 Å². The van der Waals surface area contributed by atoms with Crippen molar-refractivity contribution in [1.29, 1.82) is 0 Å². The highest BCUT2D eigenvalue weighted by atomic mass is 19.4. The maximum Gasteiger partial charge on any atom is 0.416 e. The molecule has 1 atom stereocenters. The zero-order chi connectivity index (χ0) is 34.3. The number of halogens is 12. The summed E-state index contributed by atoms with van der Waals surface area (Å²) in [6.45, 7) is 1.51. The van der Waals surface area contributed by atoms with E-state index in [4.69, 9.17) is 0 Å². The van der Waals surface area contributed by atoms with E-state index in [9.17, 15) is 52.7 Å². The van der Waals surface area contributed by atoms with Crippen LogP contribution in [0.5, 0.6) is 0 Å². The van der Waals surface area contributed by atoms with Gasteiger partial charge < -0.3 is 0 Å². The van der Waals surface area contributed by atoms with Gasteiger partial charge in [-0.05, 0) is 105 Å². The third-order valence-electron chi connectivity index (χ3n) is 8.49. The number of allylic oxidation sites excluding steroid dienone is 4. The largest absolute Gasteiger partial charge is 0.416 e. The molecule has 0 saturated carbocycles. The quantitative estimate of drug-likeness (QED) is 0.191. The van der Waals surface area contributed by atoms with Crippen LogP contribution in [0.3, 0.4) is 0 Å².